The minimum atomic E-state index is -3.78. The van der Waals surface area contributed by atoms with Gasteiger partial charge in [0.25, 0.3) is 0 Å². The van der Waals surface area contributed by atoms with Crippen LogP contribution in [-0.4, -0.2) is 19.5 Å². The van der Waals surface area contributed by atoms with E-state index < -0.39 is 15.8 Å². The molecule has 104 valence electrons. The van der Waals surface area contributed by atoms with Crippen LogP contribution < -0.4 is 0 Å². The summed E-state index contributed by atoms with van der Waals surface area (Å²) >= 11 is 5.94. The van der Waals surface area contributed by atoms with E-state index in [9.17, 15) is 13.2 Å². The van der Waals surface area contributed by atoms with Gasteiger partial charge < -0.3 is 5.11 Å². The molecular formula is C14H11ClO4S. The zero-order valence-electron chi connectivity index (χ0n) is 10.3. The van der Waals surface area contributed by atoms with Gasteiger partial charge >= 0.3 is 5.97 Å². The molecule has 0 spiro atoms. The van der Waals surface area contributed by atoms with Gasteiger partial charge in [0.1, 0.15) is 0 Å². The maximum Gasteiger partial charge on any atom is 0.337 e. The minimum absolute atomic E-state index is 0.201. The Morgan fingerprint density at radius 1 is 1.05 bits per heavy atom. The molecule has 6 heteroatoms. The van der Waals surface area contributed by atoms with Gasteiger partial charge in [-0.15, -0.1) is 0 Å². The summed E-state index contributed by atoms with van der Waals surface area (Å²) in [4.78, 5) is 10.9. The van der Waals surface area contributed by atoms with E-state index in [1.54, 1.807) is 24.3 Å². The molecule has 4 nitrogen and oxygen atoms in total. The van der Waals surface area contributed by atoms with Gasteiger partial charge in [0.2, 0.25) is 0 Å². The van der Waals surface area contributed by atoms with Crippen molar-refractivity contribution < 1.29 is 18.3 Å². The Kier molecular flexibility index (Phi) is 4.11. The van der Waals surface area contributed by atoms with Gasteiger partial charge in [0.15, 0.2) is 9.84 Å². The lowest BCUT2D eigenvalue weighted by atomic mass is 10.2. The third-order valence-corrected chi connectivity index (χ3v) is 4.84. The highest BCUT2D eigenvalue weighted by Gasteiger charge is 2.23. The SMILES string of the molecule is O=C(O)c1ccccc1S(=O)(=O)Cc1ccccc1Cl. The van der Waals surface area contributed by atoms with Crippen LogP contribution in [0.15, 0.2) is 53.4 Å². The van der Waals surface area contributed by atoms with Crippen molar-refractivity contribution in [3.8, 4) is 0 Å². The molecule has 0 fully saturated rings. The molecule has 0 amide bonds. The molecule has 0 aliphatic carbocycles. The fraction of sp³-hybridized carbons (Fsp3) is 0.0714. The molecule has 0 saturated heterocycles. The van der Waals surface area contributed by atoms with E-state index in [0.717, 1.165) is 0 Å². The summed E-state index contributed by atoms with van der Waals surface area (Å²) in [5.41, 5.74) is 0.203. The largest absolute Gasteiger partial charge is 0.478 e. The summed E-state index contributed by atoms with van der Waals surface area (Å²) in [5, 5.41) is 9.40. The first kappa shape index (κ1) is 14.6. The number of rotatable bonds is 4. The zero-order valence-corrected chi connectivity index (χ0v) is 11.9. The highest BCUT2D eigenvalue weighted by atomic mass is 35.5. The Labute approximate surface area is 121 Å². The fourth-order valence-electron chi connectivity index (χ4n) is 1.81. The Bertz CT molecular complexity index is 753. The Morgan fingerprint density at radius 3 is 2.30 bits per heavy atom. The molecule has 0 unspecified atom stereocenters. The third-order valence-electron chi connectivity index (χ3n) is 2.76. The van der Waals surface area contributed by atoms with Crippen LogP contribution in [0.2, 0.25) is 5.02 Å². The maximum atomic E-state index is 12.4. The average molecular weight is 311 g/mol. The van der Waals surface area contributed by atoms with Crippen LogP contribution in [-0.2, 0) is 15.6 Å². The first-order valence-corrected chi connectivity index (χ1v) is 7.73. The number of halogens is 1. The number of carboxylic acids is 1. The molecule has 0 bridgehead atoms. The van der Waals surface area contributed by atoms with Crippen LogP contribution in [0.3, 0.4) is 0 Å². The quantitative estimate of drug-likeness (QED) is 0.942. The lowest BCUT2D eigenvalue weighted by molar-refractivity contribution is 0.0692. The molecule has 20 heavy (non-hydrogen) atoms. The van der Waals surface area contributed by atoms with E-state index >= 15 is 0 Å². The second kappa shape index (κ2) is 5.64. The van der Waals surface area contributed by atoms with Crippen molar-refractivity contribution in [2.75, 3.05) is 0 Å². The summed E-state index contributed by atoms with van der Waals surface area (Å²) in [6.45, 7) is 0. The van der Waals surface area contributed by atoms with E-state index in [0.29, 0.717) is 10.6 Å². The van der Waals surface area contributed by atoms with Gasteiger partial charge in [-0.3, -0.25) is 0 Å². The number of sulfone groups is 1. The van der Waals surface area contributed by atoms with Crippen molar-refractivity contribution in [3.05, 3.63) is 64.7 Å². The second-order valence-electron chi connectivity index (χ2n) is 4.15. The zero-order chi connectivity index (χ0) is 14.8. The van der Waals surface area contributed by atoms with Crippen LogP contribution in [0.1, 0.15) is 15.9 Å². The first-order valence-electron chi connectivity index (χ1n) is 5.70. The van der Waals surface area contributed by atoms with Crippen molar-refractivity contribution in [2.45, 2.75) is 10.6 Å². The van der Waals surface area contributed by atoms with Gasteiger partial charge in [0.05, 0.1) is 16.2 Å². The molecular weight excluding hydrogens is 300 g/mol. The highest BCUT2D eigenvalue weighted by Crippen LogP contribution is 2.24. The topological polar surface area (TPSA) is 71.4 Å². The van der Waals surface area contributed by atoms with Crippen molar-refractivity contribution in [3.63, 3.8) is 0 Å². The summed E-state index contributed by atoms with van der Waals surface area (Å²) in [7, 11) is -3.78. The molecule has 2 rings (SSSR count). The molecule has 2 aromatic carbocycles. The Balaban J connectivity index is 2.47. The number of carbonyl (C=O) groups is 1. The predicted molar refractivity (Wildman–Crippen MR) is 75.7 cm³/mol. The normalized spacial score (nSPS) is 11.2. The van der Waals surface area contributed by atoms with Crippen LogP contribution in [0, 0.1) is 0 Å². The molecule has 0 aromatic heterocycles. The number of carboxylic acid groups (broad SMARTS) is 1. The minimum Gasteiger partial charge on any atom is -0.478 e. The van der Waals surface area contributed by atoms with E-state index in [-0.39, 0.29) is 16.2 Å². The van der Waals surface area contributed by atoms with E-state index in [2.05, 4.69) is 0 Å². The summed E-state index contributed by atoms with van der Waals surface area (Å²) in [6.07, 6.45) is 0. The van der Waals surface area contributed by atoms with Gasteiger partial charge in [-0.1, -0.05) is 41.9 Å². The monoisotopic (exact) mass is 310 g/mol. The number of hydrogen-bond donors (Lipinski definition) is 1. The molecule has 1 N–H and O–H groups in total. The van der Waals surface area contributed by atoms with Gasteiger partial charge in [0, 0.05) is 5.02 Å². The van der Waals surface area contributed by atoms with Crippen LogP contribution in [0.5, 0.6) is 0 Å². The van der Waals surface area contributed by atoms with Gasteiger partial charge in [-0.05, 0) is 23.8 Å². The average Bonchev–Trinajstić information content (AvgIpc) is 2.41. The molecule has 0 radical (unpaired) electrons. The molecule has 2 aromatic rings. The van der Waals surface area contributed by atoms with E-state index in [4.69, 9.17) is 16.7 Å². The van der Waals surface area contributed by atoms with E-state index in [1.165, 1.54) is 24.3 Å². The van der Waals surface area contributed by atoms with Gasteiger partial charge in [-0.25, -0.2) is 13.2 Å². The lowest BCUT2D eigenvalue weighted by Crippen LogP contribution is -2.11. The van der Waals surface area contributed by atoms with Crippen molar-refractivity contribution in [1.29, 1.82) is 0 Å². The molecule has 0 heterocycles. The van der Waals surface area contributed by atoms with Crippen LogP contribution in [0.4, 0.5) is 0 Å². The lowest BCUT2D eigenvalue weighted by Gasteiger charge is -2.08. The number of benzene rings is 2. The van der Waals surface area contributed by atoms with Crippen LogP contribution >= 0.6 is 11.6 Å². The van der Waals surface area contributed by atoms with Gasteiger partial charge in [-0.2, -0.15) is 0 Å². The first-order chi connectivity index (χ1) is 9.42. The fourth-order valence-corrected chi connectivity index (χ4v) is 3.69. The highest BCUT2D eigenvalue weighted by molar-refractivity contribution is 7.90. The molecule has 0 aliphatic heterocycles. The maximum absolute atomic E-state index is 12.4. The van der Waals surface area contributed by atoms with Crippen LogP contribution in [0.25, 0.3) is 0 Å². The standard InChI is InChI=1S/C14H11ClO4S/c15-12-7-3-1-5-10(12)9-20(18,19)13-8-4-2-6-11(13)14(16)17/h1-8H,9H2,(H,16,17). The van der Waals surface area contributed by atoms with E-state index in [1.807, 2.05) is 0 Å². The smallest absolute Gasteiger partial charge is 0.337 e. The van der Waals surface area contributed by atoms with Crippen molar-refractivity contribution in [1.82, 2.24) is 0 Å². The number of hydrogen-bond acceptors (Lipinski definition) is 3. The third kappa shape index (κ3) is 3.00. The summed E-state index contributed by atoms with van der Waals surface area (Å²) in [5.74, 6) is -1.61. The van der Waals surface area contributed by atoms with Crippen molar-refractivity contribution >= 4 is 27.4 Å². The summed E-state index contributed by atoms with van der Waals surface area (Å²) in [6, 6.07) is 12.1. The predicted octanol–water partition coefficient (Wildman–Crippen LogP) is 3.01. The van der Waals surface area contributed by atoms with Crippen molar-refractivity contribution in [2.24, 2.45) is 0 Å². The second-order valence-corrected chi connectivity index (χ2v) is 6.52. The number of aromatic carboxylic acids is 1. The molecule has 0 saturated carbocycles. The molecule has 0 atom stereocenters. The summed E-state index contributed by atoms with van der Waals surface area (Å²) < 4.78 is 24.7. The molecule has 0 aliphatic rings. The Morgan fingerprint density at radius 2 is 1.65 bits per heavy atom. The Hall–Kier alpha value is -1.85.